The molecule has 0 radical (unpaired) electrons. The molecule has 6 nitrogen and oxygen atoms in total. The fourth-order valence-electron chi connectivity index (χ4n) is 2.64. The van der Waals surface area contributed by atoms with E-state index in [1.807, 2.05) is 0 Å². The summed E-state index contributed by atoms with van der Waals surface area (Å²) < 4.78 is 19.0. The third kappa shape index (κ3) is 3.30. The van der Waals surface area contributed by atoms with E-state index in [2.05, 4.69) is 5.32 Å². The van der Waals surface area contributed by atoms with Gasteiger partial charge in [-0.1, -0.05) is 0 Å². The van der Waals surface area contributed by atoms with Crippen LogP contribution >= 0.6 is 0 Å². The lowest BCUT2D eigenvalue weighted by Crippen LogP contribution is -2.29. The van der Waals surface area contributed by atoms with E-state index in [1.54, 1.807) is 12.1 Å². The van der Waals surface area contributed by atoms with Crippen LogP contribution in [-0.2, 0) is 4.79 Å². The molecular formula is C17H17FN2O4. The van der Waals surface area contributed by atoms with Crippen LogP contribution < -0.4 is 10.2 Å². The maximum absolute atomic E-state index is 14.0. The SMILES string of the molecule is O=C(NC[C@H](O)c1ccco1)c1cc(N2CCCC2=O)ccc1F. The molecule has 2 heterocycles. The summed E-state index contributed by atoms with van der Waals surface area (Å²) in [6.07, 6.45) is 1.59. The van der Waals surface area contributed by atoms with E-state index in [0.29, 0.717) is 24.4 Å². The zero-order chi connectivity index (χ0) is 17.1. The molecule has 1 atom stereocenters. The van der Waals surface area contributed by atoms with Crippen LogP contribution in [0.1, 0.15) is 35.1 Å². The molecule has 1 aromatic heterocycles. The molecule has 2 N–H and O–H groups in total. The van der Waals surface area contributed by atoms with Crippen molar-refractivity contribution in [3.05, 3.63) is 53.7 Å². The van der Waals surface area contributed by atoms with Gasteiger partial charge in [-0.2, -0.15) is 0 Å². The summed E-state index contributed by atoms with van der Waals surface area (Å²) in [6, 6.07) is 7.20. The van der Waals surface area contributed by atoms with Crippen LogP contribution in [-0.4, -0.2) is 30.0 Å². The first-order valence-electron chi connectivity index (χ1n) is 7.66. The molecule has 1 saturated heterocycles. The number of benzene rings is 1. The summed E-state index contributed by atoms with van der Waals surface area (Å²) in [7, 11) is 0. The number of aliphatic hydroxyl groups excluding tert-OH is 1. The van der Waals surface area contributed by atoms with Crippen LogP contribution in [0, 0.1) is 5.82 Å². The molecule has 0 unspecified atom stereocenters. The third-order valence-corrected chi connectivity index (χ3v) is 3.91. The van der Waals surface area contributed by atoms with E-state index in [1.165, 1.54) is 29.4 Å². The highest BCUT2D eigenvalue weighted by Crippen LogP contribution is 2.24. The van der Waals surface area contributed by atoms with Crippen molar-refractivity contribution in [2.24, 2.45) is 0 Å². The predicted molar refractivity (Wildman–Crippen MR) is 84.0 cm³/mol. The lowest BCUT2D eigenvalue weighted by Gasteiger charge is -2.17. The van der Waals surface area contributed by atoms with Gasteiger partial charge in [0.2, 0.25) is 5.91 Å². The Kier molecular flexibility index (Phi) is 4.61. The largest absolute Gasteiger partial charge is 0.467 e. The first-order valence-corrected chi connectivity index (χ1v) is 7.66. The summed E-state index contributed by atoms with van der Waals surface area (Å²) in [5, 5.41) is 12.3. The normalized spacial score (nSPS) is 15.6. The number of aliphatic hydroxyl groups is 1. The quantitative estimate of drug-likeness (QED) is 0.877. The summed E-state index contributed by atoms with van der Waals surface area (Å²) in [5.41, 5.74) is 0.328. The van der Waals surface area contributed by atoms with Gasteiger partial charge >= 0.3 is 0 Å². The molecule has 126 valence electrons. The lowest BCUT2D eigenvalue weighted by atomic mass is 10.1. The molecule has 1 aliphatic rings. The second kappa shape index (κ2) is 6.84. The highest BCUT2D eigenvalue weighted by atomic mass is 19.1. The number of furan rings is 1. The number of anilines is 1. The number of nitrogens with one attached hydrogen (secondary N) is 1. The Morgan fingerprint density at radius 2 is 2.25 bits per heavy atom. The predicted octanol–water partition coefficient (Wildman–Crippen LogP) is 2.01. The molecule has 24 heavy (non-hydrogen) atoms. The van der Waals surface area contributed by atoms with Gasteiger partial charge in [0.15, 0.2) is 0 Å². The fourth-order valence-corrected chi connectivity index (χ4v) is 2.64. The Bertz CT molecular complexity index is 745. The van der Waals surface area contributed by atoms with Crippen LogP contribution in [0.15, 0.2) is 41.0 Å². The van der Waals surface area contributed by atoms with Crippen molar-refractivity contribution in [1.29, 1.82) is 0 Å². The minimum atomic E-state index is -1.02. The summed E-state index contributed by atoms with van der Waals surface area (Å²) >= 11 is 0. The molecular weight excluding hydrogens is 315 g/mol. The number of hydrogen-bond acceptors (Lipinski definition) is 4. The molecule has 0 bridgehead atoms. The number of hydrogen-bond donors (Lipinski definition) is 2. The van der Waals surface area contributed by atoms with E-state index in [4.69, 9.17) is 4.42 Å². The number of rotatable bonds is 5. The average Bonchev–Trinajstić information content (AvgIpc) is 3.24. The highest BCUT2D eigenvalue weighted by molar-refractivity contribution is 5.99. The van der Waals surface area contributed by atoms with E-state index in [9.17, 15) is 19.1 Å². The zero-order valence-corrected chi connectivity index (χ0v) is 12.9. The number of halogens is 1. The standard InChI is InChI=1S/C17H17FN2O4/c18-13-6-5-11(20-7-1-4-16(20)22)9-12(13)17(23)19-10-14(21)15-3-2-8-24-15/h2-3,5-6,8-9,14,21H,1,4,7,10H2,(H,19,23)/t14-/m0/s1. The van der Waals surface area contributed by atoms with Gasteiger partial charge in [0.05, 0.1) is 18.4 Å². The second-order valence-corrected chi connectivity index (χ2v) is 5.55. The molecule has 2 aromatic rings. The number of carbonyl (C=O) groups excluding carboxylic acids is 2. The Morgan fingerprint density at radius 3 is 2.92 bits per heavy atom. The fraction of sp³-hybridized carbons (Fsp3) is 0.294. The molecule has 1 aromatic carbocycles. The topological polar surface area (TPSA) is 82.8 Å². The minimum absolute atomic E-state index is 0.0405. The molecule has 7 heteroatoms. The van der Waals surface area contributed by atoms with Crippen molar-refractivity contribution in [2.75, 3.05) is 18.0 Å². The van der Waals surface area contributed by atoms with Crippen molar-refractivity contribution in [3.63, 3.8) is 0 Å². The van der Waals surface area contributed by atoms with E-state index in [0.717, 1.165) is 6.42 Å². The van der Waals surface area contributed by atoms with Crippen LogP contribution in [0.2, 0.25) is 0 Å². The van der Waals surface area contributed by atoms with Crippen LogP contribution in [0.5, 0.6) is 0 Å². The molecule has 3 rings (SSSR count). The minimum Gasteiger partial charge on any atom is -0.467 e. The maximum Gasteiger partial charge on any atom is 0.254 e. The molecule has 0 aliphatic carbocycles. The smallest absolute Gasteiger partial charge is 0.254 e. The van der Waals surface area contributed by atoms with Crippen molar-refractivity contribution in [1.82, 2.24) is 5.32 Å². The van der Waals surface area contributed by atoms with Gasteiger partial charge in [0.25, 0.3) is 5.91 Å². The number of amides is 2. The molecule has 2 amide bonds. The van der Waals surface area contributed by atoms with Gasteiger partial charge in [-0.3, -0.25) is 9.59 Å². The Labute approximate surface area is 137 Å². The first kappa shape index (κ1) is 16.2. The second-order valence-electron chi connectivity index (χ2n) is 5.55. The summed E-state index contributed by atoms with van der Waals surface area (Å²) in [6.45, 7) is 0.446. The Balaban J connectivity index is 1.71. The Morgan fingerprint density at radius 1 is 1.42 bits per heavy atom. The molecule has 0 spiro atoms. The van der Waals surface area contributed by atoms with Crippen LogP contribution in [0.3, 0.4) is 0 Å². The first-order chi connectivity index (χ1) is 11.6. The van der Waals surface area contributed by atoms with E-state index in [-0.39, 0.29) is 18.0 Å². The molecule has 0 saturated carbocycles. The zero-order valence-electron chi connectivity index (χ0n) is 12.9. The molecule has 1 aliphatic heterocycles. The molecule has 1 fully saturated rings. The van der Waals surface area contributed by atoms with Crippen LogP contribution in [0.4, 0.5) is 10.1 Å². The number of nitrogens with zero attached hydrogens (tertiary/aromatic N) is 1. The summed E-state index contributed by atoms with van der Waals surface area (Å²) in [4.78, 5) is 25.5. The van der Waals surface area contributed by atoms with Gasteiger partial charge in [0.1, 0.15) is 17.7 Å². The van der Waals surface area contributed by atoms with Crippen molar-refractivity contribution in [2.45, 2.75) is 18.9 Å². The monoisotopic (exact) mass is 332 g/mol. The van der Waals surface area contributed by atoms with E-state index >= 15 is 0 Å². The average molecular weight is 332 g/mol. The third-order valence-electron chi connectivity index (χ3n) is 3.91. The van der Waals surface area contributed by atoms with Crippen molar-refractivity contribution in [3.8, 4) is 0 Å². The van der Waals surface area contributed by atoms with Gasteiger partial charge in [-0.15, -0.1) is 0 Å². The van der Waals surface area contributed by atoms with Crippen LogP contribution in [0.25, 0.3) is 0 Å². The maximum atomic E-state index is 14.0. The highest BCUT2D eigenvalue weighted by Gasteiger charge is 2.24. The Hall–Kier alpha value is -2.67. The summed E-state index contributed by atoms with van der Waals surface area (Å²) in [5.74, 6) is -1.07. The van der Waals surface area contributed by atoms with Crippen molar-refractivity contribution >= 4 is 17.5 Å². The van der Waals surface area contributed by atoms with Crippen molar-refractivity contribution < 1.29 is 23.5 Å². The van der Waals surface area contributed by atoms with E-state index < -0.39 is 17.8 Å². The van der Waals surface area contributed by atoms with Gasteiger partial charge in [0, 0.05) is 18.7 Å². The van der Waals surface area contributed by atoms with Gasteiger partial charge < -0.3 is 19.7 Å². The van der Waals surface area contributed by atoms with Gasteiger partial charge in [-0.05, 0) is 36.8 Å². The van der Waals surface area contributed by atoms with Gasteiger partial charge in [-0.25, -0.2) is 4.39 Å². The number of carbonyl (C=O) groups is 2. The lowest BCUT2D eigenvalue weighted by molar-refractivity contribution is -0.117.